The summed E-state index contributed by atoms with van der Waals surface area (Å²) in [5.74, 6) is -0.414. The topological polar surface area (TPSA) is 88.4 Å². The number of anilines is 2. The SMILES string of the molecule is Cc1cc(C)cc(NS(=O)(=O)c2cc(C(=O)Nc3ccc4c(c3)oc3ccccc34)ccc2C)c1. The first-order valence-electron chi connectivity index (χ1n) is 11.1. The number of furan rings is 1. The molecule has 1 heterocycles. The fraction of sp³-hybridized carbons (Fsp3) is 0.107. The monoisotopic (exact) mass is 484 g/mol. The lowest BCUT2D eigenvalue weighted by Gasteiger charge is -2.13. The third kappa shape index (κ3) is 4.50. The van der Waals surface area contributed by atoms with Crippen LogP contribution in [0.2, 0.25) is 0 Å². The summed E-state index contributed by atoms with van der Waals surface area (Å²) in [5, 5.41) is 4.81. The normalized spacial score (nSPS) is 11.6. The highest BCUT2D eigenvalue weighted by molar-refractivity contribution is 7.92. The molecule has 0 saturated heterocycles. The van der Waals surface area contributed by atoms with E-state index >= 15 is 0 Å². The summed E-state index contributed by atoms with van der Waals surface area (Å²) in [5.41, 5.74) is 5.16. The van der Waals surface area contributed by atoms with Crippen molar-refractivity contribution in [2.45, 2.75) is 25.7 Å². The zero-order chi connectivity index (χ0) is 24.7. The fourth-order valence-corrected chi connectivity index (χ4v) is 5.59. The maximum atomic E-state index is 13.2. The van der Waals surface area contributed by atoms with Gasteiger partial charge in [-0.05, 0) is 79.9 Å². The van der Waals surface area contributed by atoms with Crippen LogP contribution in [-0.2, 0) is 10.0 Å². The minimum absolute atomic E-state index is 0.0528. The molecule has 0 unspecified atom stereocenters. The van der Waals surface area contributed by atoms with Crippen molar-refractivity contribution in [3.63, 3.8) is 0 Å². The minimum atomic E-state index is -3.90. The van der Waals surface area contributed by atoms with Crippen LogP contribution in [0.15, 0.2) is 88.2 Å². The second kappa shape index (κ2) is 8.60. The van der Waals surface area contributed by atoms with E-state index in [1.165, 1.54) is 6.07 Å². The summed E-state index contributed by atoms with van der Waals surface area (Å²) in [6.45, 7) is 5.51. The van der Waals surface area contributed by atoms with Gasteiger partial charge in [0.1, 0.15) is 11.2 Å². The molecule has 0 bridgehead atoms. The van der Waals surface area contributed by atoms with E-state index in [9.17, 15) is 13.2 Å². The number of nitrogens with one attached hydrogen (secondary N) is 2. The molecule has 5 aromatic rings. The molecule has 1 amide bonds. The Bertz CT molecular complexity index is 1700. The smallest absolute Gasteiger partial charge is 0.262 e. The largest absolute Gasteiger partial charge is 0.456 e. The number of amides is 1. The molecule has 0 aliphatic heterocycles. The Hall–Kier alpha value is -4.10. The first-order chi connectivity index (χ1) is 16.7. The second-order valence-corrected chi connectivity index (χ2v) is 10.4. The van der Waals surface area contributed by atoms with Gasteiger partial charge in [-0.2, -0.15) is 0 Å². The number of carbonyl (C=O) groups is 1. The number of carbonyl (C=O) groups excluding carboxylic acids is 1. The van der Waals surface area contributed by atoms with Crippen LogP contribution in [0.5, 0.6) is 0 Å². The quantitative estimate of drug-likeness (QED) is 0.295. The van der Waals surface area contributed by atoms with Gasteiger partial charge >= 0.3 is 0 Å². The predicted molar refractivity (Wildman–Crippen MR) is 140 cm³/mol. The van der Waals surface area contributed by atoms with Gasteiger partial charge in [0.2, 0.25) is 0 Å². The average molecular weight is 485 g/mol. The number of hydrogen-bond donors (Lipinski definition) is 2. The van der Waals surface area contributed by atoms with Crippen LogP contribution >= 0.6 is 0 Å². The van der Waals surface area contributed by atoms with Crippen molar-refractivity contribution in [3.8, 4) is 0 Å². The third-order valence-corrected chi connectivity index (χ3v) is 7.37. The summed E-state index contributed by atoms with van der Waals surface area (Å²) < 4.78 is 34.8. The van der Waals surface area contributed by atoms with Gasteiger partial charge in [-0.25, -0.2) is 8.42 Å². The van der Waals surface area contributed by atoms with Crippen LogP contribution in [-0.4, -0.2) is 14.3 Å². The number of fused-ring (bicyclic) bond motifs is 3. The van der Waals surface area contributed by atoms with Crippen molar-refractivity contribution in [2.24, 2.45) is 0 Å². The van der Waals surface area contributed by atoms with Gasteiger partial charge in [-0.1, -0.05) is 30.3 Å². The molecule has 4 aromatic carbocycles. The van der Waals surface area contributed by atoms with E-state index in [0.29, 0.717) is 22.5 Å². The number of hydrogen-bond acceptors (Lipinski definition) is 4. The Balaban J connectivity index is 1.42. The van der Waals surface area contributed by atoms with Crippen molar-refractivity contribution in [3.05, 3.63) is 101 Å². The minimum Gasteiger partial charge on any atom is -0.456 e. The second-order valence-electron chi connectivity index (χ2n) is 8.73. The lowest BCUT2D eigenvalue weighted by molar-refractivity contribution is 0.102. The molecule has 0 radical (unpaired) electrons. The van der Waals surface area contributed by atoms with Crippen LogP contribution in [0, 0.1) is 20.8 Å². The molecule has 0 atom stereocenters. The zero-order valence-electron chi connectivity index (χ0n) is 19.5. The van der Waals surface area contributed by atoms with Gasteiger partial charge in [0.05, 0.1) is 4.90 Å². The highest BCUT2D eigenvalue weighted by Crippen LogP contribution is 2.30. The van der Waals surface area contributed by atoms with Gasteiger partial charge in [-0.15, -0.1) is 0 Å². The lowest BCUT2D eigenvalue weighted by Crippen LogP contribution is -2.17. The third-order valence-electron chi connectivity index (χ3n) is 5.85. The number of benzene rings is 4. The molecule has 35 heavy (non-hydrogen) atoms. The van der Waals surface area contributed by atoms with Gasteiger partial charge in [0, 0.05) is 33.8 Å². The molecule has 7 heteroatoms. The van der Waals surface area contributed by atoms with E-state index in [0.717, 1.165) is 27.5 Å². The standard InChI is InChI=1S/C28H24N2O4S/c1-17-12-18(2)14-22(13-17)30-35(32,33)27-15-20(9-8-19(27)3)28(31)29-21-10-11-24-23-6-4-5-7-25(23)34-26(24)16-21/h4-16,30H,1-3H3,(H,29,31). The Labute approximate surface area is 203 Å². The zero-order valence-corrected chi connectivity index (χ0v) is 20.4. The van der Waals surface area contributed by atoms with Crippen molar-refractivity contribution < 1.29 is 17.6 Å². The first kappa shape index (κ1) is 22.7. The molecule has 5 rings (SSSR count). The lowest BCUT2D eigenvalue weighted by atomic mass is 10.1. The van der Waals surface area contributed by atoms with Gasteiger partial charge in [0.15, 0.2) is 0 Å². The van der Waals surface area contributed by atoms with Crippen LogP contribution in [0.3, 0.4) is 0 Å². The number of rotatable bonds is 5. The summed E-state index contributed by atoms with van der Waals surface area (Å²) >= 11 is 0. The molecule has 0 fully saturated rings. The van der Waals surface area contributed by atoms with Crippen molar-refractivity contribution in [1.82, 2.24) is 0 Å². The summed E-state index contributed by atoms with van der Waals surface area (Å²) in [6, 6.07) is 23.4. The van der Waals surface area contributed by atoms with E-state index in [1.54, 1.807) is 43.3 Å². The number of aryl methyl sites for hydroxylation is 3. The van der Waals surface area contributed by atoms with E-state index in [4.69, 9.17) is 4.42 Å². The first-order valence-corrected chi connectivity index (χ1v) is 12.6. The highest BCUT2D eigenvalue weighted by Gasteiger charge is 2.20. The molecular formula is C28H24N2O4S. The van der Waals surface area contributed by atoms with Crippen LogP contribution in [0.25, 0.3) is 21.9 Å². The van der Waals surface area contributed by atoms with Crippen LogP contribution in [0.1, 0.15) is 27.0 Å². The molecule has 0 aliphatic rings. The van der Waals surface area contributed by atoms with E-state index < -0.39 is 15.9 Å². The average Bonchev–Trinajstić information content (AvgIpc) is 3.16. The van der Waals surface area contributed by atoms with Gasteiger partial charge in [0.25, 0.3) is 15.9 Å². The molecule has 176 valence electrons. The molecule has 0 saturated carbocycles. The predicted octanol–water partition coefficient (Wildman–Crippen LogP) is 6.56. The van der Waals surface area contributed by atoms with Gasteiger partial charge in [-0.3, -0.25) is 9.52 Å². The molecule has 1 aromatic heterocycles. The van der Waals surface area contributed by atoms with Gasteiger partial charge < -0.3 is 9.73 Å². The number of para-hydroxylation sites is 1. The summed E-state index contributed by atoms with van der Waals surface area (Å²) in [7, 11) is -3.90. The van der Waals surface area contributed by atoms with Crippen molar-refractivity contribution in [2.75, 3.05) is 10.0 Å². The maximum Gasteiger partial charge on any atom is 0.262 e. The summed E-state index contributed by atoms with van der Waals surface area (Å²) in [4.78, 5) is 13.1. The van der Waals surface area contributed by atoms with E-state index in [2.05, 4.69) is 10.0 Å². The molecular weight excluding hydrogens is 460 g/mol. The number of sulfonamides is 1. The van der Waals surface area contributed by atoms with Crippen LogP contribution in [0.4, 0.5) is 11.4 Å². The van der Waals surface area contributed by atoms with E-state index in [-0.39, 0.29) is 10.5 Å². The Morgan fingerprint density at radius 2 is 1.46 bits per heavy atom. The van der Waals surface area contributed by atoms with E-state index in [1.807, 2.05) is 50.2 Å². The Morgan fingerprint density at radius 3 is 2.23 bits per heavy atom. The fourth-order valence-electron chi connectivity index (χ4n) is 4.28. The van der Waals surface area contributed by atoms with Crippen molar-refractivity contribution >= 4 is 49.2 Å². The van der Waals surface area contributed by atoms with Crippen LogP contribution < -0.4 is 10.0 Å². The molecule has 6 nitrogen and oxygen atoms in total. The Morgan fingerprint density at radius 1 is 0.743 bits per heavy atom. The molecule has 0 spiro atoms. The molecule has 2 N–H and O–H groups in total. The highest BCUT2D eigenvalue weighted by atomic mass is 32.2. The summed E-state index contributed by atoms with van der Waals surface area (Å²) in [6.07, 6.45) is 0. The Kier molecular flexibility index (Phi) is 5.57. The maximum absolute atomic E-state index is 13.2. The molecule has 0 aliphatic carbocycles. The van der Waals surface area contributed by atoms with Crippen molar-refractivity contribution in [1.29, 1.82) is 0 Å².